The van der Waals surface area contributed by atoms with E-state index < -0.39 is 64.7 Å². The van der Waals surface area contributed by atoms with Crippen LogP contribution in [0.5, 0.6) is 5.75 Å². The number of benzene rings is 3. The van der Waals surface area contributed by atoms with Crippen LogP contribution in [0.4, 0.5) is 0 Å². The van der Waals surface area contributed by atoms with Crippen LogP contribution in [0.15, 0.2) is 78.9 Å². The SMILES string of the molecule is CC(=O)N[C@@H](CS)C(=O)O[C@H](C)C(=O)O.COc1ccc(C(SC[C@H](NC(C)=O)C(=O)O[C@H](C)C(=O)O)(c2ccccc2)c2ccc(C)cc2)cc1. The van der Waals surface area contributed by atoms with Crippen molar-refractivity contribution < 1.29 is 53.2 Å². The van der Waals surface area contributed by atoms with Crippen LogP contribution in [0.3, 0.4) is 0 Å². The highest BCUT2D eigenvalue weighted by Crippen LogP contribution is 2.49. The number of ether oxygens (including phenoxy) is 3. The molecule has 0 aromatic heterocycles. The molecule has 0 aliphatic heterocycles. The molecule has 0 bridgehead atoms. The van der Waals surface area contributed by atoms with Crippen LogP contribution >= 0.6 is 24.4 Å². The molecule has 3 aromatic carbocycles. The van der Waals surface area contributed by atoms with Crippen molar-refractivity contribution in [2.75, 3.05) is 18.6 Å². The van der Waals surface area contributed by atoms with Gasteiger partial charge in [0.15, 0.2) is 12.2 Å². The molecule has 0 spiro atoms. The van der Waals surface area contributed by atoms with Crippen molar-refractivity contribution in [1.82, 2.24) is 10.6 Å². The number of methoxy groups -OCH3 is 1. The van der Waals surface area contributed by atoms with E-state index in [0.717, 1.165) is 22.3 Å². The summed E-state index contributed by atoms with van der Waals surface area (Å²) in [5, 5.41) is 22.6. The first-order valence-corrected chi connectivity index (χ1v) is 17.6. The Hall–Kier alpha value is -5.02. The molecule has 0 fully saturated rings. The monoisotopic (exact) mass is 756 g/mol. The molecule has 52 heavy (non-hydrogen) atoms. The Bertz CT molecular complexity index is 1670. The summed E-state index contributed by atoms with van der Waals surface area (Å²) in [4.78, 5) is 68.5. The van der Waals surface area contributed by atoms with E-state index in [4.69, 9.17) is 14.6 Å². The Labute approximate surface area is 312 Å². The molecule has 13 nitrogen and oxygen atoms in total. The van der Waals surface area contributed by atoms with Gasteiger partial charge < -0.3 is 35.1 Å². The van der Waals surface area contributed by atoms with E-state index in [0.29, 0.717) is 5.75 Å². The van der Waals surface area contributed by atoms with Gasteiger partial charge in [-0.05, 0) is 49.6 Å². The summed E-state index contributed by atoms with van der Waals surface area (Å²) < 4.78 is 14.3. The van der Waals surface area contributed by atoms with E-state index >= 15 is 0 Å². The highest BCUT2D eigenvalue weighted by atomic mass is 32.2. The maximum Gasteiger partial charge on any atom is 0.344 e. The molecule has 3 aromatic rings. The fraction of sp³-hybridized carbons (Fsp3) is 0.351. The van der Waals surface area contributed by atoms with E-state index in [1.165, 1.54) is 39.5 Å². The predicted molar refractivity (Wildman–Crippen MR) is 198 cm³/mol. The largest absolute Gasteiger partial charge is 0.497 e. The van der Waals surface area contributed by atoms with Crippen molar-refractivity contribution in [1.29, 1.82) is 0 Å². The zero-order chi connectivity index (χ0) is 39.0. The second kappa shape index (κ2) is 20.7. The minimum absolute atomic E-state index is 0.0464. The number of hydrogen-bond donors (Lipinski definition) is 5. The topological polar surface area (TPSA) is 195 Å². The number of esters is 2. The average Bonchev–Trinajstić information content (AvgIpc) is 3.11. The third-order valence-corrected chi connectivity index (χ3v) is 9.39. The molecule has 4 N–H and O–H groups in total. The lowest BCUT2D eigenvalue weighted by molar-refractivity contribution is -0.164. The Morgan fingerprint density at radius 3 is 1.56 bits per heavy atom. The van der Waals surface area contributed by atoms with Crippen molar-refractivity contribution in [2.24, 2.45) is 0 Å². The number of amides is 2. The van der Waals surface area contributed by atoms with Gasteiger partial charge in [0, 0.05) is 25.4 Å². The third kappa shape index (κ3) is 12.6. The molecule has 0 aliphatic carbocycles. The average molecular weight is 757 g/mol. The molecule has 0 heterocycles. The summed E-state index contributed by atoms with van der Waals surface area (Å²) in [6, 6.07) is 23.8. The maximum absolute atomic E-state index is 12.9. The summed E-state index contributed by atoms with van der Waals surface area (Å²) in [6.45, 7) is 7.06. The number of carbonyl (C=O) groups excluding carboxylic acids is 4. The van der Waals surface area contributed by atoms with Crippen LogP contribution < -0.4 is 15.4 Å². The van der Waals surface area contributed by atoms with Crippen LogP contribution in [-0.2, 0) is 43.0 Å². The molecule has 3 rings (SSSR count). The molecule has 2 amide bonds. The lowest BCUT2D eigenvalue weighted by Gasteiger charge is -2.36. The molecule has 0 saturated heterocycles. The lowest BCUT2D eigenvalue weighted by Crippen LogP contribution is -2.45. The van der Waals surface area contributed by atoms with Crippen LogP contribution in [-0.4, -0.2) is 88.8 Å². The van der Waals surface area contributed by atoms with Gasteiger partial charge in [-0.2, -0.15) is 12.6 Å². The van der Waals surface area contributed by atoms with Crippen LogP contribution in [0.25, 0.3) is 0 Å². The summed E-state index contributed by atoms with van der Waals surface area (Å²) in [5.41, 5.74) is 4.01. The highest BCUT2D eigenvalue weighted by Gasteiger charge is 2.39. The third-order valence-electron chi connectivity index (χ3n) is 7.39. The van der Waals surface area contributed by atoms with E-state index in [1.54, 1.807) is 7.11 Å². The molecular formula is C37H44N2O11S2. The number of carbonyl (C=O) groups is 6. The molecule has 0 aliphatic rings. The Morgan fingerprint density at radius 2 is 1.13 bits per heavy atom. The van der Waals surface area contributed by atoms with Crippen molar-refractivity contribution in [3.63, 3.8) is 0 Å². The normalized spacial score (nSPS) is 14.0. The zero-order valence-electron chi connectivity index (χ0n) is 29.7. The molecular weight excluding hydrogens is 713 g/mol. The molecule has 0 saturated carbocycles. The highest BCUT2D eigenvalue weighted by molar-refractivity contribution is 8.00. The number of carboxylic acids is 2. The van der Waals surface area contributed by atoms with Gasteiger partial charge in [-0.1, -0.05) is 72.3 Å². The first kappa shape index (κ1) is 43.1. The van der Waals surface area contributed by atoms with Crippen molar-refractivity contribution >= 4 is 60.1 Å². The fourth-order valence-electron chi connectivity index (χ4n) is 4.70. The Kier molecular flexibility index (Phi) is 17.2. The molecule has 5 atom stereocenters. The number of thiol groups is 1. The quantitative estimate of drug-likeness (QED) is 0.0803. The van der Waals surface area contributed by atoms with Crippen LogP contribution in [0.1, 0.15) is 49.9 Å². The number of hydrogen-bond acceptors (Lipinski definition) is 11. The van der Waals surface area contributed by atoms with Crippen molar-refractivity contribution in [3.8, 4) is 5.75 Å². The van der Waals surface area contributed by atoms with Crippen LogP contribution in [0, 0.1) is 6.92 Å². The molecule has 0 radical (unpaired) electrons. The van der Waals surface area contributed by atoms with Crippen molar-refractivity contribution in [3.05, 3.63) is 101 Å². The van der Waals surface area contributed by atoms with E-state index in [9.17, 15) is 33.9 Å². The van der Waals surface area contributed by atoms with Gasteiger partial charge in [-0.3, -0.25) is 9.59 Å². The first-order valence-electron chi connectivity index (χ1n) is 16.0. The molecule has 280 valence electrons. The number of nitrogens with one attached hydrogen (secondary N) is 2. The summed E-state index contributed by atoms with van der Waals surface area (Å²) in [6.07, 6.45) is -2.58. The summed E-state index contributed by atoms with van der Waals surface area (Å²) >= 11 is 5.30. The van der Waals surface area contributed by atoms with Gasteiger partial charge in [0.1, 0.15) is 17.8 Å². The first-order chi connectivity index (χ1) is 24.5. The van der Waals surface area contributed by atoms with E-state index in [2.05, 4.69) is 40.1 Å². The van der Waals surface area contributed by atoms with Gasteiger partial charge in [0.05, 0.1) is 11.9 Å². The molecule has 15 heteroatoms. The number of carboxylic acid groups (broad SMARTS) is 2. The summed E-state index contributed by atoms with van der Waals surface area (Å²) in [7, 11) is 1.61. The van der Waals surface area contributed by atoms with Gasteiger partial charge in [-0.25, -0.2) is 19.2 Å². The molecule has 1 unspecified atom stereocenters. The number of aliphatic carboxylic acids is 2. The summed E-state index contributed by atoms with van der Waals surface area (Å²) in [5.74, 6) is -4.08. The number of rotatable bonds is 16. The van der Waals surface area contributed by atoms with Gasteiger partial charge in [-0.15, -0.1) is 11.8 Å². The number of aryl methyl sites for hydroxylation is 1. The standard InChI is InChI=1S/C29H31NO6S.C8H13NO5S/c1-19-10-12-23(13-11-19)29(22-8-6-5-7-9-22,24-14-16-25(35-4)17-15-24)37-18-26(30-21(3)31)28(34)36-20(2)27(32)33;1-4(7(11)12)14-8(13)6(3-15)9-5(2)10/h5-17,20,26H,18H2,1-4H3,(H,30,31)(H,32,33);4,6,15H,3H2,1-2H3,(H,9,10)(H,11,12)/t20-,26+,29?;4-,6+/m11/s1. The Balaban J connectivity index is 0.000000526. The second-order valence-corrected chi connectivity index (χ2v) is 13.1. The zero-order valence-corrected chi connectivity index (χ0v) is 31.4. The predicted octanol–water partition coefficient (Wildman–Crippen LogP) is 3.99. The second-order valence-electron chi connectivity index (χ2n) is 11.5. The van der Waals surface area contributed by atoms with E-state index in [1.807, 2.05) is 73.7 Å². The van der Waals surface area contributed by atoms with Crippen LogP contribution in [0.2, 0.25) is 0 Å². The van der Waals surface area contributed by atoms with E-state index in [-0.39, 0.29) is 11.5 Å². The fourth-order valence-corrected chi connectivity index (χ4v) is 6.48. The maximum atomic E-state index is 12.9. The van der Waals surface area contributed by atoms with Gasteiger partial charge >= 0.3 is 23.9 Å². The minimum Gasteiger partial charge on any atom is -0.497 e. The van der Waals surface area contributed by atoms with Gasteiger partial charge in [0.25, 0.3) is 0 Å². The minimum atomic E-state index is -1.34. The lowest BCUT2D eigenvalue weighted by atomic mass is 9.83. The van der Waals surface area contributed by atoms with Gasteiger partial charge in [0.2, 0.25) is 11.8 Å². The smallest absolute Gasteiger partial charge is 0.344 e. The van der Waals surface area contributed by atoms with Crippen molar-refractivity contribution in [2.45, 2.75) is 63.7 Å². The number of thioether (sulfide) groups is 1. The Morgan fingerprint density at radius 1 is 0.712 bits per heavy atom.